The molecule has 0 saturated heterocycles. The molecule has 26 heavy (non-hydrogen) atoms. The molecule has 2 heterocycles. The Morgan fingerprint density at radius 3 is 2.62 bits per heavy atom. The Morgan fingerprint density at radius 1 is 1.19 bits per heavy atom. The van der Waals surface area contributed by atoms with Crippen LogP contribution in [0.15, 0.2) is 35.1 Å². The summed E-state index contributed by atoms with van der Waals surface area (Å²) in [5.41, 5.74) is 3.56. The molecule has 3 rings (SSSR count). The van der Waals surface area contributed by atoms with Crippen LogP contribution >= 0.6 is 0 Å². The summed E-state index contributed by atoms with van der Waals surface area (Å²) in [7, 11) is 1.75. The molecule has 0 unspecified atom stereocenters. The first-order valence-corrected chi connectivity index (χ1v) is 8.58. The molecule has 0 spiro atoms. The molecular formula is C19H23N5O2. The number of fused-ring (bicyclic) bond motifs is 1. The van der Waals surface area contributed by atoms with Gasteiger partial charge in [-0.2, -0.15) is 5.10 Å². The first kappa shape index (κ1) is 17.8. The molecule has 3 aromatic rings. The number of hydrogen-bond donors (Lipinski definition) is 0. The quantitative estimate of drug-likeness (QED) is 0.699. The van der Waals surface area contributed by atoms with E-state index in [2.05, 4.69) is 10.1 Å². The van der Waals surface area contributed by atoms with Crippen molar-refractivity contribution < 1.29 is 4.79 Å². The number of aromatic nitrogens is 4. The van der Waals surface area contributed by atoms with Gasteiger partial charge in [0.05, 0.1) is 23.3 Å². The van der Waals surface area contributed by atoms with Crippen molar-refractivity contribution >= 4 is 16.9 Å². The van der Waals surface area contributed by atoms with E-state index in [-0.39, 0.29) is 18.0 Å². The number of aryl methyl sites for hydroxylation is 3. The van der Waals surface area contributed by atoms with Crippen molar-refractivity contribution in [2.75, 3.05) is 13.6 Å². The Hall–Kier alpha value is -2.96. The number of rotatable bonds is 5. The van der Waals surface area contributed by atoms with Gasteiger partial charge in [-0.05, 0) is 39.0 Å². The van der Waals surface area contributed by atoms with Crippen molar-refractivity contribution in [3.05, 3.63) is 57.8 Å². The molecule has 7 nitrogen and oxygen atoms in total. The predicted molar refractivity (Wildman–Crippen MR) is 100 cm³/mol. The summed E-state index contributed by atoms with van der Waals surface area (Å²) in [4.78, 5) is 31.1. The summed E-state index contributed by atoms with van der Waals surface area (Å²) < 4.78 is 3.39. The lowest BCUT2D eigenvalue weighted by Gasteiger charge is -2.19. The second-order valence-corrected chi connectivity index (χ2v) is 6.54. The van der Waals surface area contributed by atoms with Gasteiger partial charge in [-0.25, -0.2) is 4.98 Å². The van der Waals surface area contributed by atoms with Crippen LogP contribution in [0.3, 0.4) is 0 Å². The van der Waals surface area contributed by atoms with E-state index in [0.717, 1.165) is 11.4 Å². The lowest BCUT2D eigenvalue weighted by Crippen LogP contribution is -2.36. The van der Waals surface area contributed by atoms with Crippen molar-refractivity contribution in [1.29, 1.82) is 0 Å². The minimum atomic E-state index is -0.232. The highest BCUT2D eigenvalue weighted by Crippen LogP contribution is 2.10. The van der Waals surface area contributed by atoms with Crippen LogP contribution in [0.4, 0.5) is 0 Å². The zero-order valence-corrected chi connectivity index (χ0v) is 15.6. The minimum absolute atomic E-state index is 0.00365. The molecule has 7 heteroatoms. The third-order valence-electron chi connectivity index (χ3n) is 4.49. The smallest absolute Gasteiger partial charge is 0.272 e. The highest BCUT2D eigenvalue weighted by Gasteiger charge is 2.15. The summed E-state index contributed by atoms with van der Waals surface area (Å²) in [6.45, 7) is 6.75. The van der Waals surface area contributed by atoms with Gasteiger partial charge in [0.15, 0.2) is 0 Å². The van der Waals surface area contributed by atoms with Crippen LogP contribution < -0.4 is 5.56 Å². The maximum Gasteiger partial charge on any atom is 0.272 e. The second-order valence-electron chi connectivity index (χ2n) is 6.54. The Kier molecular flexibility index (Phi) is 4.88. The topological polar surface area (TPSA) is 73.0 Å². The standard InChI is InChI=1S/C19H23N5O2/c1-13-11-14(2)24(21-13)10-9-22(4)18(25)12-23-17-8-6-5-7-16(17)20-15(3)19(23)26/h5-8,11H,9-10,12H2,1-4H3. The molecule has 0 radical (unpaired) electrons. The first-order valence-electron chi connectivity index (χ1n) is 8.58. The van der Waals surface area contributed by atoms with Crippen molar-refractivity contribution in [2.45, 2.75) is 33.9 Å². The molecule has 1 amide bonds. The van der Waals surface area contributed by atoms with Crippen LogP contribution in [0.2, 0.25) is 0 Å². The molecule has 0 bridgehead atoms. The maximum absolute atomic E-state index is 12.6. The molecule has 0 atom stereocenters. The number of benzene rings is 1. The number of amides is 1. The van der Waals surface area contributed by atoms with E-state index < -0.39 is 0 Å². The lowest BCUT2D eigenvalue weighted by molar-refractivity contribution is -0.130. The predicted octanol–water partition coefficient (Wildman–Crippen LogP) is 1.68. The second kappa shape index (κ2) is 7.11. The van der Waals surface area contributed by atoms with Gasteiger partial charge in [-0.1, -0.05) is 12.1 Å². The fourth-order valence-corrected chi connectivity index (χ4v) is 3.00. The Bertz CT molecular complexity index is 1020. The summed E-state index contributed by atoms with van der Waals surface area (Å²) in [6, 6.07) is 9.37. The highest BCUT2D eigenvalue weighted by molar-refractivity contribution is 5.80. The number of carbonyl (C=O) groups excluding carboxylic acids is 1. The zero-order valence-electron chi connectivity index (χ0n) is 15.6. The van der Waals surface area contributed by atoms with E-state index in [9.17, 15) is 9.59 Å². The van der Waals surface area contributed by atoms with E-state index in [1.54, 1.807) is 18.9 Å². The van der Waals surface area contributed by atoms with Crippen molar-refractivity contribution in [1.82, 2.24) is 24.2 Å². The summed E-state index contributed by atoms with van der Waals surface area (Å²) in [6.07, 6.45) is 0. The molecule has 0 aliphatic heterocycles. The SMILES string of the molecule is Cc1cc(C)n(CCN(C)C(=O)Cn2c(=O)c(C)nc3ccccc32)n1. The van der Waals surface area contributed by atoms with Crippen LogP contribution in [0.5, 0.6) is 0 Å². The van der Waals surface area contributed by atoms with Gasteiger partial charge in [0.25, 0.3) is 5.56 Å². The average Bonchev–Trinajstić information content (AvgIpc) is 2.94. The highest BCUT2D eigenvalue weighted by atomic mass is 16.2. The number of para-hydroxylation sites is 2. The number of carbonyl (C=O) groups is 1. The average molecular weight is 353 g/mol. The van der Waals surface area contributed by atoms with Gasteiger partial charge in [0, 0.05) is 19.3 Å². The Balaban J connectivity index is 1.77. The molecule has 0 fully saturated rings. The number of likely N-dealkylation sites (N-methyl/N-ethyl adjacent to an activating group) is 1. The molecule has 0 aliphatic rings. The van der Waals surface area contributed by atoms with Crippen molar-refractivity contribution in [3.63, 3.8) is 0 Å². The largest absolute Gasteiger partial charge is 0.342 e. The summed E-state index contributed by atoms with van der Waals surface area (Å²) >= 11 is 0. The van der Waals surface area contributed by atoms with Crippen LogP contribution in [-0.2, 0) is 17.9 Å². The van der Waals surface area contributed by atoms with Crippen LogP contribution in [0.1, 0.15) is 17.1 Å². The zero-order chi connectivity index (χ0) is 18.8. The molecule has 2 aromatic heterocycles. The van der Waals surface area contributed by atoms with E-state index >= 15 is 0 Å². The molecule has 0 saturated carbocycles. The van der Waals surface area contributed by atoms with E-state index in [0.29, 0.717) is 29.8 Å². The molecule has 0 aliphatic carbocycles. The lowest BCUT2D eigenvalue weighted by atomic mass is 10.2. The molecule has 1 aromatic carbocycles. The van der Waals surface area contributed by atoms with Gasteiger partial charge < -0.3 is 4.90 Å². The number of hydrogen-bond acceptors (Lipinski definition) is 4. The Morgan fingerprint density at radius 2 is 1.92 bits per heavy atom. The third-order valence-corrected chi connectivity index (χ3v) is 4.49. The first-order chi connectivity index (χ1) is 12.4. The molecule has 136 valence electrons. The third kappa shape index (κ3) is 3.51. The Labute approximate surface area is 151 Å². The fourth-order valence-electron chi connectivity index (χ4n) is 3.00. The van der Waals surface area contributed by atoms with Crippen LogP contribution in [-0.4, -0.2) is 43.7 Å². The van der Waals surface area contributed by atoms with Crippen LogP contribution in [0, 0.1) is 20.8 Å². The normalized spacial score (nSPS) is 11.1. The van der Waals surface area contributed by atoms with Crippen molar-refractivity contribution in [2.24, 2.45) is 0 Å². The van der Waals surface area contributed by atoms with Gasteiger partial charge in [0.2, 0.25) is 5.91 Å². The van der Waals surface area contributed by atoms with Gasteiger partial charge >= 0.3 is 0 Å². The van der Waals surface area contributed by atoms with Crippen molar-refractivity contribution in [3.8, 4) is 0 Å². The van der Waals surface area contributed by atoms with Gasteiger partial charge in [-0.15, -0.1) is 0 Å². The fraction of sp³-hybridized carbons (Fsp3) is 0.368. The minimum Gasteiger partial charge on any atom is -0.342 e. The summed E-state index contributed by atoms with van der Waals surface area (Å²) in [5.74, 6) is -0.121. The van der Waals surface area contributed by atoms with E-state index in [4.69, 9.17) is 0 Å². The summed E-state index contributed by atoms with van der Waals surface area (Å²) in [5, 5.41) is 4.41. The van der Waals surface area contributed by atoms with E-state index in [1.165, 1.54) is 4.57 Å². The van der Waals surface area contributed by atoms with Crippen LogP contribution in [0.25, 0.3) is 11.0 Å². The van der Waals surface area contributed by atoms with Gasteiger partial charge in [0.1, 0.15) is 12.2 Å². The molecule has 0 N–H and O–H groups in total. The van der Waals surface area contributed by atoms with E-state index in [1.807, 2.05) is 48.9 Å². The van der Waals surface area contributed by atoms with Gasteiger partial charge in [-0.3, -0.25) is 18.8 Å². The monoisotopic (exact) mass is 353 g/mol. The number of nitrogens with zero attached hydrogens (tertiary/aromatic N) is 5. The maximum atomic E-state index is 12.6. The molecular weight excluding hydrogens is 330 g/mol.